The van der Waals surface area contributed by atoms with Gasteiger partial charge < -0.3 is 40.0 Å². The van der Waals surface area contributed by atoms with Crippen LogP contribution >= 0.6 is 11.8 Å². The third-order valence-electron chi connectivity index (χ3n) is 7.48. The predicted octanol–water partition coefficient (Wildman–Crippen LogP) is 0.730. The molecule has 0 bridgehead atoms. The second-order valence-corrected chi connectivity index (χ2v) is 11.5. The van der Waals surface area contributed by atoms with Crippen LogP contribution in [-0.2, 0) is 19.0 Å². The van der Waals surface area contributed by atoms with Crippen molar-refractivity contribution in [1.29, 1.82) is 0 Å². The minimum Gasteiger partial charge on any atom is -0.508 e. The maximum atomic E-state index is 13.3. The molecule has 1 aromatic carbocycles. The fourth-order valence-corrected chi connectivity index (χ4v) is 6.17. The number of likely N-dealkylation sites (tertiary alicyclic amines) is 1. The molecule has 2 fully saturated rings. The van der Waals surface area contributed by atoms with E-state index in [-0.39, 0.29) is 35.6 Å². The number of phenols is 1. The molecule has 12 heteroatoms. The minimum absolute atomic E-state index is 0.00184. The first-order valence-electron chi connectivity index (χ1n) is 13.4. The number of likely N-dealkylation sites (N-methyl/N-ethyl adjacent to an activating group) is 1. The summed E-state index contributed by atoms with van der Waals surface area (Å²) < 4.78 is 16.8. The monoisotopic (exact) mass is 570 g/mol. The zero-order valence-electron chi connectivity index (χ0n) is 22.9. The minimum atomic E-state index is -1.52. The quantitative estimate of drug-likeness (QED) is 0.178. The number of methoxy groups -OCH3 is 1. The standard InChI is InChI=1S/C27H42N2O9S/c1-5-6-16-13-19(29(3)14-16)25(34)28-20(15(2)36-4)24-22(32)21(31)23(33)27(38-24)39-12-11-37-26(35)17-7-9-18(30)10-8-17/h7-10,15-16,19-24,27,30-33H,5-6,11-14H2,1-4H3,(H,28,34)/t15-,16-,19+,20-,21+,22-,23-,24-,27-/m1/s1. The van der Waals surface area contributed by atoms with Crippen LogP contribution in [0.4, 0.5) is 0 Å². The highest BCUT2D eigenvalue weighted by Gasteiger charge is 2.49. The van der Waals surface area contributed by atoms with Gasteiger partial charge >= 0.3 is 5.97 Å². The van der Waals surface area contributed by atoms with E-state index in [1.54, 1.807) is 6.92 Å². The molecular formula is C27H42N2O9S. The van der Waals surface area contributed by atoms with Crippen molar-refractivity contribution in [2.75, 3.05) is 33.1 Å². The number of phenolic OH excluding ortho intramolecular Hbond substituents is 1. The smallest absolute Gasteiger partial charge is 0.338 e. The van der Waals surface area contributed by atoms with E-state index in [2.05, 4.69) is 12.2 Å². The van der Waals surface area contributed by atoms with Crippen LogP contribution in [0, 0.1) is 5.92 Å². The van der Waals surface area contributed by atoms with Gasteiger partial charge in [-0.2, -0.15) is 0 Å². The molecule has 1 aromatic rings. The molecule has 0 unspecified atom stereocenters. The number of hydrogen-bond acceptors (Lipinski definition) is 11. The van der Waals surface area contributed by atoms with E-state index in [1.165, 1.54) is 31.4 Å². The number of carbonyl (C=O) groups is 2. The van der Waals surface area contributed by atoms with Crippen molar-refractivity contribution < 1.29 is 44.2 Å². The Morgan fingerprint density at radius 1 is 1.18 bits per heavy atom. The molecule has 9 atom stereocenters. The third kappa shape index (κ3) is 8.06. The van der Waals surface area contributed by atoms with Crippen LogP contribution < -0.4 is 5.32 Å². The summed E-state index contributed by atoms with van der Waals surface area (Å²) in [7, 11) is 3.40. The molecule has 39 heavy (non-hydrogen) atoms. The number of nitrogens with one attached hydrogen (secondary N) is 1. The molecule has 0 saturated carbocycles. The number of esters is 1. The first-order chi connectivity index (χ1) is 18.6. The zero-order chi connectivity index (χ0) is 28.7. The predicted molar refractivity (Wildman–Crippen MR) is 145 cm³/mol. The molecule has 220 valence electrons. The highest BCUT2D eigenvalue weighted by molar-refractivity contribution is 7.99. The molecule has 0 aliphatic carbocycles. The van der Waals surface area contributed by atoms with Crippen LogP contribution in [0.3, 0.4) is 0 Å². The van der Waals surface area contributed by atoms with Crippen LogP contribution in [0.25, 0.3) is 0 Å². The maximum absolute atomic E-state index is 13.3. The summed E-state index contributed by atoms with van der Waals surface area (Å²) in [5.41, 5.74) is -0.668. The van der Waals surface area contributed by atoms with Crippen LogP contribution in [0.5, 0.6) is 5.75 Å². The van der Waals surface area contributed by atoms with Crippen molar-refractivity contribution in [3.8, 4) is 5.75 Å². The molecule has 2 heterocycles. The van der Waals surface area contributed by atoms with Gasteiger partial charge in [0.1, 0.15) is 42.2 Å². The molecule has 2 aliphatic heterocycles. The van der Waals surface area contributed by atoms with E-state index in [0.29, 0.717) is 5.92 Å². The summed E-state index contributed by atoms with van der Waals surface area (Å²) in [5.74, 6) is -0.0556. The third-order valence-corrected chi connectivity index (χ3v) is 8.60. The average Bonchev–Trinajstić information content (AvgIpc) is 3.29. The number of aliphatic hydroxyl groups is 3. The van der Waals surface area contributed by atoms with Crippen molar-refractivity contribution in [2.45, 2.75) is 81.1 Å². The molecule has 5 N–H and O–H groups in total. The van der Waals surface area contributed by atoms with Gasteiger partial charge in [0.2, 0.25) is 5.91 Å². The first kappa shape index (κ1) is 31.6. The highest BCUT2D eigenvalue weighted by Crippen LogP contribution is 2.32. The SMILES string of the molecule is CCC[C@@H]1C[C@@H](C(=O)N[C@@H]([C@H]2O[C@H](SCCOC(=O)c3ccc(O)cc3)[C@H](O)[C@@H](O)[C@H]2O)[C@@H](C)OC)N(C)C1. The summed E-state index contributed by atoms with van der Waals surface area (Å²) in [6.07, 6.45) is -3.19. The lowest BCUT2D eigenvalue weighted by Gasteiger charge is -2.44. The van der Waals surface area contributed by atoms with Gasteiger partial charge in [-0.15, -0.1) is 11.8 Å². The number of hydrogen-bond donors (Lipinski definition) is 5. The number of aromatic hydroxyl groups is 1. The van der Waals surface area contributed by atoms with Crippen LogP contribution in [0.1, 0.15) is 43.5 Å². The van der Waals surface area contributed by atoms with E-state index in [9.17, 15) is 30.0 Å². The second-order valence-electron chi connectivity index (χ2n) is 10.3. The molecule has 1 amide bonds. The largest absolute Gasteiger partial charge is 0.508 e. The van der Waals surface area contributed by atoms with E-state index < -0.39 is 48.0 Å². The molecule has 2 saturated heterocycles. The van der Waals surface area contributed by atoms with Crippen LogP contribution in [0.2, 0.25) is 0 Å². The van der Waals surface area contributed by atoms with E-state index in [4.69, 9.17) is 14.2 Å². The number of ether oxygens (including phenoxy) is 3. The van der Waals surface area contributed by atoms with Gasteiger partial charge in [0.25, 0.3) is 0 Å². The number of amides is 1. The van der Waals surface area contributed by atoms with Gasteiger partial charge in [-0.05, 0) is 57.0 Å². The Bertz CT molecular complexity index is 936. The van der Waals surface area contributed by atoms with Crippen LogP contribution in [0.15, 0.2) is 24.3 Å². The number of rotatable bonds is 12. The summed E-state index contributed by atoms with van der Waals surface area (Å²) in [4.78, 5) is 27.5. The Morgan fingerprint density at radius 3 is 2.51 bits per heavy atom. The number of nitrogens with zero attached hydrogens (tertiary/aromatic N) is 1. The van der Waals surface area contributed by atoms with Gasteiger partial charge in [-0.25, -0.2) is 4.79 Å². The number of thioether (sulfide) groups is 1. The number of aliphatic hydroxyl groups excluding tert-OH is 3. The maximum Gasteiger partial charge on any atom is 0.338 e. The Labute approximate surface area is 233 Å². The Hall–Kier alpha value is -1.93. The summed E-state index contributed by atoms with van der Waals surface area (Å²) >= 11 is 1.12. The molecule has 11 nitrogen and oxygen atoms in total. The van der Waals surface area contributed by atoms with Gasteiger partial charge in [0.15, 0.2) is 0 Å². The van der Waals surface area contributed by atoms with Crippen molar-refractivity contribution in [3.63, 3.8) is 0 Å². The Balaban J connectivity index is 1.62. The van der Waals surface area contributed by atoms with E-state index in [1.807, 2.05) is 11.9 Å². The summed E-state index contributed by atoms with van der Waals surface area (Å²) in [5, 5.41) is 44.4. The van der Waals surface area contributed by atoms with Crippen molar-refractivity contribution >= 4 is 23.6 Å². The Kier molecular flexibility index (Phi) is 11.9. The fourth-order valence-electron chi connectivity index (χ4n) is 5.19. The van der Waals surface area contributed by atoms with Crippen molar-refractivity contribution in [3.05, 3.63) is 29.8 Å². The van der Waals surface area contributed by atoms with Gasteiger partial charge in [-0.1, -0.05) is 13.3 Å². The summed E-state index contributed by atoms with van der Waals surface area (Å²) in [6, 6.07) is 4.54. The average molecular weight is 571 g/mol. The van der Waals surface area contributed by atoms with Crippen molar-refractivity contribution in [1.82, 2.24) is 10.2 Å². The normalized spacial score (nSPS) is 31.0. The Morgan fingerprint density at radius 2 is 1.87 bits per heavy atom. The molecule has 0 radical (unpaired) electrons. The molecule has 2 aliphatic rings. The molecular weight excluding hydrogens is 528 g/mol. The number of benzene rings is 1. The van der Waals surface area contributed by atoms with Gasteiger partial charge in [0, 0.05) is 19.4 Å². The van der Waals surface area contributed by atoms with Gasteiger partial charge in [-0.3, -0.25) is 9.69 Å². The lowest BCUT2D eigenvalue weighted by Crippen LogP contribution is -2.66. The first-order valence-corrected chi connectivity index (χ1v) is 14.4. The lowest BCUT2D eigenvalue weighted by atomic mass is 9.91. The van der Waals surface area contributed by atoms with Gasteiger partial charge in [0.05, 0.1) is 23.8 Å². The topological polar surface area (TPSA) is 158 Å². The lowest BCUT2D eigenvalue weighted by molar-refractivity contribution is -0.212. The molecule has 3 rings (SSSR count). The molecule has 0 aromatic heterocycles. The number of carbonyl (C=O) groups excluding carboxylic acids is 2. The highest BCUT2D eigenvalue weighted by atomic mass is 32.2. The van der Waals surface area contributed by atoms with E-state index in [0.717, 1.165) is 37.6 Å². The fraction of sp³-hybridized carbons (Fsp3) is 0.704. The summed E-state index contributed by atoms with van der Waals surface area (Å²) in [6.45, 7) is 4.70. The van der Waals surface area contributed by atoms with E-state index >= 15 is 0 Å². The second kappa shape index (κ2) is 14.6. The van der Waals surface area contributed by atoms with Crippen molar-refractivity contribution in [2.24, 2.45) is 5.92 Å². The molecule has 0 spiro atoms. The van der Waals surface area contributed by atoms with Crippen LogP contribution in [-0.4, -0.2) is 118 Å². The zero-order valence-corrected chi connectivity index (χ0v) is 23.8.